The lowest BCUT2D eigenvalue weighted by Crippen LogP contribution is -2.12. The number of nitrogens with zero attached hydrogens (tertiary/aromatic N) is 1. The number of hydrogen-bond acceptors (Lipinski definition) is 3. The van der Waals surface area contributed by atoms with Gasteiger partial charge in [0, 0.05) is 11.3 Å². The Balaban J connectivity index is 2.21. The van der Waals surface area contributed by atoms with Crippen LogP contribution in [-0.2, 0) is 0 Å². The standard InChI is InChI=1S/C14H10FN3O/c15-12-5-4-11(7-13(12)17)18-14(19)10-3-1-2-9(6-10)8-16/h1-7H,17H2,(H,18,19). The van der Waals surface area contributed by atoms with E-state index in [1.54, 1.807) is 18.2 Å². The molecule has 0 saturated carbocycles. The highest BCUT2D eigenvalue weighted by Crippen LogP contribution is 2.17. The molecule has 2 aromatic rings. The summed E-state index contributed by atoms with van der Waals surface area (Å²) in [5.41, 5.74) is 6.51. The highest BCUT2D eigenvalue weighted by atomic mass is 19.1. The highest BCUT2D eigenvalue weighted by molar-refractivity contribution is 6.04. The summed E-state index contributed by atoms with van der Waals surface area (Å²) < 4.78 is 13.0. The van der Waals surface area contributed by atoms with Crippen LogP contribution in [0.1, 0.15) is 15.9 Å². The fourth-order valence-electron chi connectivity index (χ4n) is 1.55. The van der Waals surface area contributed by atoms with Gasteiger partial charge in [-0.2, -0.15) is 5.26 Å². The number of nitrogens with two attached hydrogens (primary N) is 1. The fourth-order valence-corrected chi connectivity index (χ4v) is 1.55. The predicted molar refractivity (Wildman–Crippen MR) is 69.9 cm³/mol. The van der Waals surface area contributed by atoms with E-state index >= 15 is 0 Å². The van der Waals surface area contributed by atoms with Crippen LogP contribution in [0.2, 0.25) is 0 Å². The van der Waals surface area contributed by atoms with Gasteiger partial charge in [0.15, 0.2) is 0 Å². The van der Waals surface area contributed by atoms with Crippen LogP contribution >= 0.6 is 0 Å². The summed E-state index contributed by atoms with van der Waals surface area (Å²) in [6.45, 7) is 0. The first-order chi connectivity index (χ1) is 9.10. The molecule has 2 rings (SSSR count). The molecule has 0 aliphatic rings. The maximum Gasteiger partial charge on any atom is 0.255 e. The van der Waals surface area contributed by atoms with E-state index in [1.165, 1.54) is 24.3 Å². The third-order valence-electron chi connectivity index (χ3n) is 2.51. The van der Waals surface area contributed by atoms with Crippen LogP contribution in [-0.4, -0.2) is 5.91 Å². The van der Waals surface area contributed by atoms with Gasteiger partial charge in [0.1, 0.15) is 5.82 Å². The Hall–Kier alpha value is -2.87. The Morgan fingerprint density at radius 3 is 2.74 bits per heavy atom. The van der Waals surface area contributed by atoms with Crippen molar-refractivity contribution < 1.29 is 9.18 Å². The molecule has 2 aromatic carbocycles. The molecule has 5 heteroatoms. The number of hydrogen-bond donors (Lipinski definition) is 2. The van der Waals surface area contributed by atoms with Gasteiger partial charge in [-0.1, -0.05) is 6.07 Å². The van der Waals surface area contributed by atoms with Gasteiger partial charge in [-0.25, -0.2) is 4.39 Å². The molecule has 0 atom stereocenters. The van der Waals surface area contributed by atoms with Crippen molar-refractivity contribution in [2.24, 2.45) is 0 Å². The topological polar surface area (TPSA) is 78.9 Å². The zero-order valence-corrected chi connectivity index (χ0v) is 9.85. The van der Waals surface area contributed by atoms with Crippen molar-refractivity contribution >= 4 is 17.3 Å². The lowest BCUT2D eigenvalue weighted by atomic mass is 10.1. The van der Waals surface area contributed by atoms with Crippen LogP contribution in [0, 0.1) is 17.1 Å². The molecule has 0 aliphatic carbocycles. The number of carbonyl (C=O) groups excluding carboxylic acids is 1. The summed E-state index contributed by atoms with van der Waals surface area (Å²) in [5, 5.41) is 11.3. The second kappa shape index (κ2) is 5.19. The van der Waals surface area contributed by atoms with Gasteiger partial charge in [-0.3, -0.25) is 4.79 Å². The number of benzene rings is 2. The lowest BCUT2D eigenvalue weighted by molar-refractivity contribution is 0.102. The summed E-state index contributed by atoms with van der Waals surface area (Å²) >= 11 is 0. The summed E-state index contributed by atoms with van der Waals surface area (Å²) in [4.78, 5) is 11.9. The van der Waals surface area contributed by atoms with Crippen LogP contribution in [0.3, 0.4) is 0 Å². The average molecular weight is 255 g/mol. The van der Waals surface area contributed by atoms with E-state index in [9.17, 15) is 9.18 Å². The molecule has 0 heterocycles. The van der Waals surface area contributed by atoms with Crippen molar-refractivity contribution in [1.29, 1.82) is 5.26 Å². The monoisotopic (exact) mass is 255 g/mol. The molecule has 94 valence electrons. The number of halogens is 1. The van der Waals surface area contributed by atoms with E-state index < -0.39 is 5.82 Å². The molecular formula is C14H10FN3O. The smallest absolute Gasteiger partial charge is 0.255 e. The minimum Gasteiger partial charge on any atom is -0.396 e. The van der Waals surface area contributed by atoms with E-state index in [0.717, 1.165) is 0 Å². The molecule has 0 saturated heterocycles. The third kappa shape index (κ3) is 2.87. The highest BCUT2D eigenvalue weighted by Gasteiger charge is 2.08. The molecule has 0 radical (unpaired) electrons. The Morgan fingerprint density at radius 1 is 1.26 bits per heavy atom. The van der Waals surface area contributed by atoms with Crippen molar-refractivity contribution in [2.45, 2.75) is 0 Å². The number of nitriles is 1. The zero-order chi connectivity index (χ0) is 13.8. The van der Waals surface area contributed by atoms with E-state index in [2.05, 4.69) is 5.32 Å². The minimum absolute atomic E-state index is 0.0384. The quantitative estimate of drug-likeness (QED) is 0.809. The maximum atomic E-state index is 13.0. The predicted octanol–water partition coefficient (Wildman–Crippen LogP) is 2.53. The van der Waals surface area contributed by atoms with E-state index in [0.29, 0.717) is 16.8 Å². The van der Waals surface area contributed by atoms with Crippen LogP contribution in [0.25, 0.3) is 0 Å². The largest absolute Gasteiger partial charge is 0.396 e. The first-order valence-corrected chi connectivity index (χ1v) is 5.46. The molecule has 0 unspecified atom stereocenters. The summed E-state index contributed by atoms with van der Waals surface area (Å²) in [6, 6.07) is 12.2. The Bertz CT molecular complexity index is 677. The number of carbonyl (C=O) groups is 1. The molecule has 4 nitrogen and oxygen atoms in total. The van der Waals surface area contributed by atoms with Crippen molar-refractivity contribution in [3.63, 3.8) is 0 Å². The molecule has 19 heavy (non-hydrogen) atoms. The Morgan fingerprint density at radius 2 is 2.05 bits per heavy atom. The number of nitrogens with one attached hydrogen (secondary N) is 1. The number of rotatable bonds is 2. The number of anilines is 2. The summed E-state index contributed by atoms with van der Waals surface area (Å²) in [7, 11) is 0. The molecule has 0 spiro atoms. The van der Waals surface area contributed by atoms with Gasteiger partial charge in [0.2, 0.25) is 0 Å². The average Bonchev–Trinajstić information content (AvgIpc) is 2.43. The first-order valence-electron chi connectivity index (χ1n) is 5.46. The van der Waals surface area contributed by atoms with Gasteiger partial charge in [0.25, 0.3) is 5.91 Å². The van der Waals surface area contributed by atoms with Crippen molar-refractivity contribution in [3.05, 3.63) is 59.4 Å². The summed E-state index contributed by atoms with van der Waals surface area (Å²) in [5.74, 6) is -0.924. The van der Waals surface area contributed by atoms with E-state index in [1.807, 2.05) is 6.07 Å². The van der Waals surface area contributed by atoms with Gasteiger partial charge in [0.05, 0.1) is 17.3 Å². The Labute approximate surface area is 109 Å². The minimum atomic E-state index is -0.538. The maximum absolute atomic E-state index is 13.0. The van der Waals surface area contributed by atoms with Gasteiger partial charge in [-0.05, 0) is 36.4 Å². The normalized spacial score (nSPS) is 9.68. The van der Waals surface area contributed by atoms with E-state index in [4.69, 9.17) is 11.0 Å². The molecule has 3 N–H and O–H groups in total. The van der Waals surface area contributed by atoms with Crippen LogP contribution in [0.5, 0.6) is 0 Å². The van der Waals surface area contributed by atoms with Gasteiger partial charge < -0.3 is 11.1 Å². The van der Waals surface area contributed by atoms with Gasteiger partial charge in [-0.15, -0.1) is 0 Å². The molecule has 0 aromatic heterocycles. The number of amides is 1. The second-order valence-corrected chi connectivity index (χ2v) is 3.88. The van der Waals surface area contributed by atoms with Gasteiger partial charge >= 0.3 is 0 Å². The second-order valence-electron chi connectivity index (χ2n) is 3.88. The van der Waals surface area contributed by atoms with Crippen molar-refractivity contribution in [2.75, 3.05) is 11.1 Å². The lowest BCUT2D eigenvalue weighted by Gasteiger charge is -2.06. The molecule has 0 fully saturated rings. The first kappa shape index (κ1) is 12.6. The SMILES string of the molecule is N#Cc1cccc(C(=O)Nc2ccc(F)c(N)c2)c1. The molecule has 1 amide bonds. The van der Waals surface area contributed by atoms with Crippen LogP contribution in [0.15, 0.2) is 42.5 Å². The van der Waals surface area contributed by atoms with Crippen molar-refractivity contribution in [1.82, 2.24) is 0 Å². The molecule has 0 bridgehead atoms. The van der Waals surface area contributed by atoms with Crippen LogP contribution < -0.4 is 11.1 Å². The molecular weight excluding hydrogens is 245 g/mol. The third-order valence-corrected chi connectivity index (χ3v) is 2.51. The van der Waals surface area contributed by atoms with Crippen LogP contribution in [0.4, 0.5) is 15.8 Å². The van der Waals surface area contributed by atoms with E-state index in [-0.39, 0.29) is 11.6 Å². The zero-order valence-electron chi connectivity index (χ0n) is 9.85. The Kier molecular flexibility index (Phi) is 3.44. The fraction of sp³-hybridized carbons (Fsp3) is 0. The van der Waals surface area contributed by atoms with Crippen molar-refractivity contribution in [3.8, 4) is 6.07 Å². The molecule has 0 aliphatic heterocycles. The summed E-state index contributed by atoms with van der Waals surface area (Å²) in [6.07, 6.45) is 0. The number of nitrogen functional groups attached to an aromatic ring is 1.